The predicted octanol–water partition coefficient (Wildman–Crippen LogP) is 4.55. The Labute approximate surface area is 116 Å². The van der Waals surface area contributed by atoms with Crippen LogP contribution in [0.15, 0.2) is 60.8 Å². The van der Waals surface area contributed by atoms with Crippen molar-refractivity contribution in [3.8, 4) is 0 Å². The third-order valence-corrected chi connectivity index (χ3v) is 3.76. The van der Waals surface area contributed by atoms with Crippen molar-refractivity contribution in [2.45, 2.75) is 25.7 Å². The fraction of sp³-hybridized carbons (Fsp3) is 0.333. The number of hydrogen-bond donors (Lipinski definition) is 1. The van der Waals surface area contributed by atoms with E-state index in [-0.39, 0.29) is 0 Å². The Morgan fingerprint density at radius 2 is 1.84 bits per heavy atom. The molecule has 1 aliphatic carbocycles. The zero-order valence-electron chi connectivity index (χ0n) is 11.7. The average Bonchev–Trinajstić information content (AvgIpc) is 2.98. The van der Waals surface area contributed by atoms with Gasteiger partial charge in [-0.25, -0.2) is 0 Å². The zero-order chi connectivity index (χ0) is 13.5. The van der Waals surface area contributed by atoms with Crippen LogP contribution >= 0.6 is 0 Å². The van der Waals surface area contributed by atoms with E-state index in [0.29, 0.717) is 5.92 Å². The van der Waals surface area contributed by atoms with Gasteiger partial charge in [-0.3, -0.25) is 0 Å². The van der Waals surface area contributed by atoms with Gasteiger partial charge in [-0.2, -0.15) is 0 Å². The molecular formula is C18H23N. The van der Waals surface area contributed by atoms with Gasteiger partial charge in [0.05, 0.1) is 0 Å². The molecule has 0 amide bonds. The van der Waals surface area contributed by atoms with Crippen LogP contribution in [0.3, 0.4) is 0 Å². The molecule has 1 aromatic carbocycles. The van der Waals surface area contributed by atoms with Crippen LogP contribution in [0.5, 0.6) is 0 Å². The van der Waals surface area contributed by atoms with Gasteiger partial charge in [-0.1, -0.05) is 61.9 Å². The number of rotatable bonds is 5. The fourth-order valence-corrected chi connectivity index (χ4v) is 2.67. The molecule has 1 fully saturated rings. The molecular weight excluding hydrogens is 230 g/mol. The molecule has 0 heterocycles. The summed E-state index contributed by atoms with van der Waals surface area (Å²) in [7, 11) is 1.97. The van der Waals surface area contributed by atoms with Crippen molar-refractivity contribution >= 4 is 5.57 Å². The third kappa shape index (κ3) is 3.85. The number of benzene rings is 1. The van der Waals surface area contributed by atoms with Gasteiger partial charge in [-0.15, -0.1) is 0 Å². The highest BCUT2D eigenvalue weighted by Crippen LogP contribution is 2.31. The summed E-state index contributed by atoms with van der Waals surface area (Å²) in [6.07, 6.45) is 11.8. The maximum Gasteiger partial charge on any atom is 0.00278 e. The Balaban J connectivity index is 2.06. The number of nitrogens with one attached hydrogen (secondary N) is 1. The second-order valence-electron chi connectivity index (χ2n) is 5.14. The largest absolute Gasteiger partial charge is 0.394 e. The molecule has 1 nitrogen and oxygen atoms in total. The third-order valence-electron chi connectivity index (χ3n) is 3.76. The van der Waals surface area contributed by atoms with Crippen molar-refractivity contribution in [1.29, 1.82) is 0 Å². The summed E-state index contributed by atoms with van der Waals surface area (Å²) in [5.41, 5.74) is 3.66. The lowest BCUT2D eigenvalue weighted by molar-refractivity contribution is 0.652. The fourth-order valence-electron chi connectivity index (χ4n) is 2.67. The Morgan fingerprint density at radius 3 is 2.47 bits per heavy atom. The van der Waals surface area contributed by atoms with E-state index < -0.39 is 0 Å². The second kappa shape index (κ2) is 6.98. The first-order chi connectivity index (χ1) is 9.31. The van der Waals surface area contributed by atoms with Gasteiger partial charge in [0.1, 0.15) is 0 Å². The van der Waals surface area contributed by atoms with Crippen LogP contribution < -0.4 is 5.32 Å². The van der Waals surface area contributed by atoms with Crippen molar-refractivity contribution in [1.82, 2.24) is 5.32 Å². The summed E-state index contributed by atoms with van der Waals surface area (Å²) in [5.74, 6) is 0.715. The summed E-state index contributed by atoms with van der Waals surface area (Å²) in [4.78, 5) is 0. The smallest absolute Gasteiger partial charge is 0.00278 e. The molecule has 100 valence electrons. The van der Waals surface area contributed by atoms with Crippen LogP contribution in [0.4, 0.5) is 0 Å². The van der Waals surface area contributed by atoms with E-state index in [0.717, 1.165) is 5.57 Å². The van der Waals surface area contributed by atoms with E-state index in [9.17, 15) is 0 Å². The Morgan fingerprint density at radius 1 is 1.16 bits per heavy atom. The van der Waals surface area contributed by atoms with E-state index in [1.807, 2.05) is 13.1 Å². The highest BCUT2D eigenvalue weighted by atomic mass is 14.8. The quantitative estimate of drug-likeness (QED) is 0.759. The molecule has 0 radical (unpaired) electrons. The van der Waals surface area contributed by atoms with Crippen molar-refractivity contribution in [2.75, 3.05) is 7.05 Å². The first-order valence-electron chi connectivity index (χ1n) is 7.11. The minimum absolute atomic E-state index is 0.715. The van der Waals surface area contributed by atoms with E-state index in [2.05, 4.69) is 54.5 Å². The van der Waals surface area contributed by atoms with E-state index >= 15 is 0 Å². The second-order valence-corrected chi connectivity index (χ2v) is 5.14. The van der Waals surface area contributed by atoms with Crippen LogP contribution in [-0.2, 0) is 0 Å². The molecule has 19 heavy (non-hydrogen) atoms. The summed E-state index contributed by atoms with van der Waals surface area (Å²) >= 11 is 0. The van der Waals surface area contributed by atoms with Gasteiger partial charge in [0, 0.05) is 7.05 Å². The monoisotopic (exact) mass is 253 g/mol. The standard InChI is InChI=1S/C18H23N/c1-15(16-8-4-3-5-9-16)12-13-18(14-19-2)17-10-6-7-11-17/h3-5,8-9,12-14,17,19H,1,6-7,10-11H2,2H3/b13-12-,18-14+. The topological polar surface area (TPSA) is 12.0 Å². The Hall–Kier alpha value is -1.76. The van der Waals surface area contributed by atoms with Gasteiger partial charge in [0.2, 0.25) is 0 Å². The Kier molecular flexibility index (Phi) is 5.02. The molecule has 1 saturated carbocycles. The summed E-state index contributed by atoms with van der Waals surface area (Å²) in [6.45, 7) is 4.15. The first-order valence-corrected chi connectivity index (χ1v) is 7.11. The molecule has 1 N–H and O–H groups in total. The summed E-state index contributed by atoms with van der Waals surface area (Å²) in [5, 5.41) is 3.17. The number of allylic oxidation sites excluding steroid dienone is 4. The van der Waals surface area contributed by atoms with Crippen molar-refractivity contribution < 1.29 is 0 Å². The molecule has 0 aromatic heterocycles. The van der Waals surface area contributed by atoms with Crippen LogP contribution in [0.2, 0.25) is 0 Å². The van der Waals surface area contributed by atoms with E-state index in [1.54, 1.807) is 0 Å². The number of hydrogen-bond acceptors (Lipinski definition) is 1. The van der Waals surface area contributed by atoms with Gasteiger partial charge in [0.25, 0.3) is 0 Å². The minimum atomic E-state index is 0.715. The van der Waals surface area contributed by atoms with Crippen molar-refractivity contribution in [2.24, 2.45) is 5.92 Å². The average molecular weight is 253 g/mol. The lowest BCUT2D eigenvalue weighted by Crippen LogP contribution is -2.02. The molecule has 2 rings (SSSR count). The lowest BCUT2D eigenvalue weighted by atomic mass is 9.96. The molecule has 0 unspecified atom stereocenters. The Bertz CT molecular complexity index is 462. The molecule has 1 heteroatoms. The first kappa shape index (κ1) is 13.7. The van der Waals surface area contributed by atoms with E-state index in [1.165, 1.54) is 36.8 Å². The molecule has 0 spiro atoms. The van der Waals surface area contributed by atoms with Gasteiger partial charge >= 0.3 is 0 Å². The SMILES string of the molecule is C=C(/C=C\C(=C/NC)C1CCCC1)c1ccccc1. The van der Waals surface area contributed by atoms with E-state index in [4.69, 9.17) is 0 Å². The van der Waals surface area contributed by atoms with Gasteiger partial charge in [0.15, 0.2) is 0 Å². The lowest BCUT2D eigenvalue weighted by Gasteiger charge is -2.11. The van der Waals surface area contributed by atoms with Gasteiger partial charge < -0.3 is 5.32 Å². The molecule has 0 saturated heterocycles. The van der Waals surface area contributed by atoms with Crippen molar-refractivity contribution in [3.05, 3.63) is 66.4 Å². The van der Waals surface area contributed by atoms with Crippen LogP contribution in [0.1, 0.15) is 31.2 Å². The summed E-state index contributed by atoms with van der Waals surface area (Å²) < 4.78 is 0. The maximum atomic E-state index is 4.15. The highest BCUT2D eigenvalue weighted by Gasteiger charge is 2.17. The normalized spacial score (nSPS) is 17.0. The molecule has 0 atom stereocenters. The van der Waals surface area contributed by atoms with Crippen molar-refractivity contribution in [3.63, 3.8) is 0 Å². The predicted molar refractivity (Wildman–Crippen MR) is 83.7 cm³/mol. The molecule has 0 aliphatic heterocycles. The molecule has 1 aliphatic rings. The van der Waals surface area contributed by atoms with Gasteiger partial charge in [-0.05, 0) is 41.7 Å². The summed E-state index contributed by atoms with van der Waals surface area (Å²) in [6, 6.07) is 10.3. The molecule has 0 bridgehead atoms. The van der Waals surface area contributed by atoms with Crippen LogP contribution in [-0.4, -0.2) is 7.05 Å². The highest BCUT2D eigenvalue weighted by molar-refractivity contribution is 5.72. The maximum absolute atomic E-state index is 4.15. The molecule has 1 aromatic rings. The van der Waals surface area contributed by atoms with Crippen LogP contribution in [0.25, 0.3) is 5.57 Å². The minimum Gasteiger partial charge on any atom is -0.394 e. The zero-order valence-corrected chi connectivity index (χ0v) is 11.7. The van der Waals surface area contributed by atoms with Crippen LogP contribution in [0, 0.1) is 5.92 Å².